The van der Waals surface area contributed by atoms with Gasteiger partial charge < -0.3 is 10.4 Å². The van der Waals surface area contributed by atoms with Gasteiger partial charge in [0, 0.05) is 17.4 Å². The lowest BCUT2D eigenvalue weighted by Crippen LogP contribution is -2.45. The predicted octanol–water partition coefficient (Wildman–Crippen LogP) is 2.68. The van der Waals surface area contributed by atoms with E-state index in [0.717, 1.165) is 4.90 Å². The highest BCUT2D eigenvalue weighted by atomic mass is 79.9. The SMILES string of the molecule is CC1(F)CC(C(=O)NCc2cc(F)cc(Br)c2)N(C(=O)O)C1. The smallest absolute Gasteiger partial charge is 0.408 e. The van der Waals surface area contributed by atoms with Crippen LogP contribution >= 0.6 is 15.9 Å². The van der Waals surface area contributed by atoms with E-state index in [1.165, 1.54) is 19.1 Å². The van der Waals surface area contributed by atoms with Crippen molar-refractivity contribution in [1.82, 2.24) is 10.2 Å². The lowest BCUT2D eigenvalue weighted by atomic mass is 10.0. The van der Waals surface area contributed by atoms with Crippen LogP contribution in [0, 0.1) is 5.82 Å². The van der Waals surface area contributed by atoms with Crippen LogP contribution in [0.4, 0.5) is 13.6 Å². The number of hydrogen-bond acceptors (Lipinski definition) is 2. The number of nitrogens with zero attached hydrogens (tertiary/aromatic N) is 1. The highest BCUT2D eigenvalue weighted by Crippen LogP contribution is 2.30. The number of rotatable bonds is 3. The fraction of sp³-hybridized carbons (Fsp3) is 0.429. The fourth-order valence-electron chi connectivity index (χ4n) is 2.50. The molecule has 22 heavy (non-hydrogen) atoms. The summed E-state index contributed by atoms with van der Waals surface area (Å²) in [6.45, 7) is 0.952. The van der Waals surface area contributed by atoms with Gasteiger partial charge in [0.1, 0.15) is 17.5 Å². The maximum atomic E-state index is 14.0. The van der Waals surface area contributed by atoms with Gasteiger partial charge in [0.05, 0.1) is 6.54 Å². The Hall–Kier alpha value is -1.70. The Bertz CT molecular complexity index is 590. The number of carboxylic acid groups (broad SMARTS) is 1. The molecule has 1 aromatic rings. The van der Waals surface area contributed by atoms with E-state index < -0.39 is 29.5 Å². The molecule has 5 nitrogen and oxygen atoms in total. The zero-order valence-electron chi connectivity index (χ0n) is 11.8. The van der Waals surface area contributed by atoms with E-state index >= 15 is 0 Å². The van der Waals surface area contributed by atoms with E-state index in [-0.39, 0.29) is 19.5 Å². The van der Waals surface area contributed by atoms with Crippen LogP contribution in [0.5, 0.6) is 0 Å². The molecule has 2 rings (SSSR count). The molecule has 120 valence electrons. The fourth-order valence-corrected chi connectivity index (χ4v) is 3.01. The number of halogens is 3. The Kier molecular flexibility index (Phi) is 4.69. The summed E-state index contributed by atoms with van der Waals surface area (Å²) < 4.78 is 27.7. The van der Waals surface area contributed by atoms with Crippen LogP contribution in [0.15, 0.2) is 22.7 Å². The Morgan fingerprint density at radius 1 is 1.50 bits per heavy atom. The number of likely N-dealkylation sites (tertiary alicyclic amines) is 1. The summed E-state index contributed by atoms with van der Waals surface area (Å²) in [6.07, 6.45) is -1.53. The van der Waals surface area contributed by atoms with E-state index in [1.54, 1.807) is 6.07 Å². The second kappa shape index (κ2) is 6.20. The molecular weight excluding hydrogens is 362 g/mol. The number of carbonyl (C=O) groups excluding carboxylic acids is 1. The van der Waals surface area contributed by atoms with Crippen molar-refractivity contribution in [3.63, 3.8) is 0 Å². The first-order valence-electron chi connectivity index (χ1n) is 6.59. The zero-order chi connectivity index (χ0) is 16.5. The van der Waals surface area contributed by atoms with Crippen LogP contribution in [0.3, 0.4) is 0 Å². The minimum atomic E-state index is -1.73. The second-order valence-electron chi connectivity index (χ2n) is 5.54. The number of carbonyl (C=O) groups is 2. The summed E-state index contributed by atoms with van der Waals surface area (Å²) in [4.78, 5) is 24.0. The third-order valence-corrected chi connectivity index (χ3v) is 3.89. The molecule has 2 atom stereocenters. The van der Waals surface area contributed by atoms with Crippen LogP contribution in [-0.2, 0) is 11.3 Å². The number of hydrogen-bond donors (Lipinski definition) is 2. The molecule has 1 heterocycles. The van der Waals surface area contributed by atoms with Crippen LogP contribution in [0.2, 0.25) is 0 Å². The number of nitrogens with one attached hydrogen (secondary N) is 1. The molecule has 1 fully saturated rings. The van der Waals surface area contributed by atoms with Crippen molar-refractivity contribution < 1.29 is 23.5 Å². The van der Waals surface area contributed by atoms with Crippen LogP contribution in [0.25, 0.3) is 0 Å². The van der Waals surface area contributed by atoms with Crippen LogP contribution in [-0.4, -0.2) is 40.3 Å². The summed E-state index contributed by atoms with van der Waals surface area (Å²) in [5.41, 5.74) is -1.22. The monoisotopic (exact) mass is 376 g/mol. The lowest BCUT2D eigenvalue weighted by Gasteiger charge is -2.20. The van der Waals surface area contributed by atoms with Gasteiger partial charge in [-0.25, -0.2) is 13.6 Å². The molecule has 0 bridgehead atoms. The zero-order valence-corrected chi connectivity index (χ0v) is 13.4. The molecule has 1 saturated heterocycles. The van der Waals surface area contributed by atoms with Crippen molar-refractivity contribution in [3.05, 3.63) is 34.1 Å². The van der Waals surface area contributed by atoms with E-state index in [0.29, 0.717) is 10.0 Å². The first-order chi connectivity index (χ1) is 10.2. The van der Waals surface area contributed by atoms with Crippen molar-refractivity contribution in [2.24, 2.45) is 0 Å². The third-order valence-electron chi connectivity index (χ3n) is 3.43. The van der Waals surface area contributed by atoms with Crippen LogP contribution < -0.4 is 5.32 Å². The van der Waals surface area contributed by atoms with E-state index in [1.807, 2.05) is 0 Å². The maximum absolute atomic E-state index is 14.0. The first-order valence-corrected chi connectivity index (χ1v) is 7.38. The molecule has 0 spiro atoms. The second-order valence-corrected chi connectivity index (χ2v) is 6.45. The summed E-state index contributed by atoms with van der Waals surface area (Å²) >= 11 is 3.14. The predicted molar refractivity (Wildman–Crippen MR) is 78.6 cm³/mol. The average Bonchev–Trinajstić information content (AvgIpc) is 2.71. The quantitative estimate of drug-likeness (QED) is 0.851. The summed E-state index contributed by atoms with van der Waals surface area (Å²) in [5.74, 6) is -1.05. The van der Waals surface area contributed by atoms with Crippen molar-refractivity contribution >= 4 is 27.9 Å². The van der Waals surface area contributed by atoms with Gasteiger partial charge in [-0.3, -0.25) is 9.69 Å². The van der Waals surface area contributed by atoms with Gasteiger partial charge in [-0.15, -0.1) is 0 Å². The van der Waals surface area contributed by atoms with Gasteiger partial charge in [0.15, 0.2) is 0 Å². The Labute approximate surface area is 134 Å². The average molecular weight is 377 g/mol. The van der Waals surface area contributed by atoms with E-state index in [9.17, 15) is 18.4 Å². The molecule has 2 unspecified atom stereocenters. The molecule has 1 aliphatic heterocycles. The first kappa shape index (κ1) is 16.7. The lowest BCUT2D eigenvalue weighted by molar-refractivity contribution is -0.125. The van der Waals surface area contributed by atoms with Gasteiger partial charge in [0.2, 0.25) is 5.91 Å². The van der Waals surface area contributed by atoms with Gasteiger partial charge in [-0.1, -0.05) is 15.9 Å². The standard InChI is InChI=1S/C14H15BrF2N2O3/c1-14(17)5-11(19(7-14)13(21)22)12(20)18-6-8-2-9(15)4-10(16)3-8/h2-4,11H,5-7H2,1H3,(H,18,20)(H,21,22). The van der Waals surface area contributed by atoms with Crippen molar-refractivity contribution in [2.45, 2.75) is 31.6 Å². The van der Waals surface area contributed by atoms with Crippen LogP contribution in [0.1, 0.15) is 18.9 Å². The van der Waals surface area contributed by atoms with Gasteiger partial charge >= 0.3 is 6.09 Å². The molecule has 0 aromatic heterocycles. The van der Waals surface area contributed by atoms with Gasteiger partial charge in [-0.2, -0.15) is 0 Å². The van der Waals surface area contributed by atoms with Gasteiger partial charge in [-0.05, 0) is 30.7 Å². The molecule has 0 radical (unpaired) electrons. The highest BCUT2D eigenvalue weighted by molar-refractivity contribution is 9.10. The number of alkyl halides is 1. The minimum Gasteiger partial charge on any atom is -0.465 e. The Morgan fingerprint density at radius 3 is 2.77 bits per heavy atom. The molecule has 1 aromatic carbocycles. The number of benzene rings is 1. The van der Waals surface area contributed by atoms with Crippen molar-refractivity contribution in [3.8, 4) is 0 Å². The molecule has 0 saturated carbocycles. The molecule has 2 amide bonds. The van der Waals surface area contributed by atoms with E-state index in [4.69, 9.17) is 5.11 Å². The summed E-state index contributed by atoms with van der Waals surface area (Å²) in [6, 6.07) is 3.09. The highest BCUT2D eigenvalue weighted by Gasteiger charge is 2.46. The summed E-state index contributed by atoms with van der Waals surface area (Å²) in [7, 11) is 0. The molecule has 2 N–H and O–H groups in total. The molecular formula is C14H15BrF2N2O3. The summed E-state index contributed by atoms with van der Waals surface area (Å²) in [5, 5.41) is 11.6. The van der Waals surface area contributed by atoms with Gasteiger partial charge in [0.25, 0.3) is 0 Å². The maximum Gasteiger partial charge on any atom is 0.408 e. The normalized spacial score (nSPS) is 24.4. The topological polar surface area (TPSA) is 69.6 Å². The number of amides is 2. The van der Waals surface area contributed by atoms with Crippen molar-refractivity contribution in [1.29, 1.82) is 0 Å². The minimum absolute atomic E-state index is 0.0299. The van der Waals surface area contributed by atoms with Crippen molar-refractivity contribution in [2.75, 3.05) is 6.54 Å². The third kappa shape index (κ3) is 3.94. The molecule has 1 aliphatic rings. The Morgan fingerprint density at radius 2 is 2.18 bits per heavy atom. The van der Waals surface area contributed by atoms with E-state index in [2.05, 4.69) is 21.2 Å². The largest absolute Gasteiger partial charge is 0.465 e. The Balaban J connectivity index is 2.03. The molecule has 8 heteroatoms. The molecule has 0 aliphatic carbocycles.